The van der Waals surface area contributed by atoms with Gasteiger partial charge >= 0.3 is 0 Å². The van der Waals surface area contributed by atoms with Gasteiger partial charge in [0.15, 0.2) is 0 Å². The van der Waals surface area contributed by atoms with Gasteiger partial charge in [-0.1, -0.05) is 15.9 Å². The summed E-state index contributed by atoms with van der Waals surface area (Å²) in [7, 11) is -3.79. The number of nitro groups is 1. The van der Waals surface area contributed by atoms with Gasteiger partial charge in [-0.3, -0.25) is 14.8 Å². The molecule has 110 valence electrons. The molecule has 0 saturated heterocycles. The van der Waals surface area contributed by atoms with E-state index in [4.69, 9.17) is 0 Å². The predicted octanol–water partition coefficient (Wildman–Crippen LogP) is 2.86. The first-order valence-electron chi connectivity index (χ1n) is 5.69. The van der Waals surface area contributed by atoms with Crippen LogP contribution in [0.25, 0.3) is 0 Å². The zero-order chi connectivity index (χ0) is 15.6. The minimum absolute atomic E-state index is 0.0588. The molecule has 2 rings (SSSR count). The van der Waals surface area contributed by atoms with Crippen LogP contribution in [0.3, 0.4) is 0 Å². The van der Waals surface area contributed by atoms with Crippen LogP contribution in [0.5, 0.6) is 0 Å². The number of halogens is 1. The Morgan fingerprint density at radius 2 is 1.90 bits per heavy atom. The van der Waals surface area contributed by atoms with Crippen molar-refractivity contribution in [1.29, 1.82) is 0 Å². The number of aryl methyl sites for hydroxylation is 1. The van der Waals surface area contributed by atoms with Crippen molar-refractivity contribution < 1.29 is 13.3 Å². The Bertz CT molecular complexity index is 791. The molecule has 0 aliphatic rings. The highest BCUT2D eigenvalue weighted by atomic mass is 79.9. The van der Waals surface area contributed by atoms with E-state index < -0.39 is 14.9 Å². The molecule has 0 aliphatic carbocycles. The van der Waals surface area contributed by atoms with Crippen LogP contribution in [0.1, 0.15) is 5.56 Å². The van der Waals surface area contributed by atoms with E-state index in [1.54, 1.807) is 19.1 Å². The number of aromatic nitrogens is 1. The van der Waals surface area contributed by atoms with Crippen LogP contribution in [-0.2, 0) is 10.0 Å². The van der Waals surface area contributed by atoms with Crippen LogP contribution in [0.15, 0.2) is 45.9 Å². The minimum atomic E-state index is -3.79. The summed E-state index contributed by atoms with van der Waals surface area (Å²) in [6, 6.07) is 7.34. The van der Waals surface area contributed by atoms with Crippen LogP contribution in [0.4, 0.5) is 11.5 Å². The maximum Gasteiger partial charge on any atom is 0.287 e. The van der Waals surface area contributed by atoms with Crippen molar-refractivity contribution in [1.82, 2.24) is 4.98 Å². The fourth-order valence-electron chi connectivity index (χ4n) is 1.57. The van der Waals surface area contributed by atoms with Gasteiger partial charge in [-0.25, -0.2) is 13.4 Å². The minimum Gasteiger partial charge on any atom is -0.263 e. The molecular weight excluding hydrogens is 362 g/mol. The molecule has 21 heavy (non-hydrogen) atoms. The number of nitrogens with one attached hydrogen (secondary N) is 1. The van der Waals surface area contributed by atoms with Crippen molar-refractivity contribution in [2.75, 3.05) is 4.72 Å². The van der Waals surface area contributed by atoms with Crippen molar-refractivity contribution in [2.24, 2.45) is 0 Å². The summed E-state index contributed by atoms with van der Waals surface area (Å²) in [5, 5.41) is 10.6. The van der Waals surface area contributed by atoms with Gasteiger partial charge in [-0.2, -0.15) is 0 Å². The molecule has 1 N–H and O–H groups in total. The topological polar surface area (TPSA) is 102 Å². The predicted molar refractivity (Wildman–Crippen MR) is 80.6 cm³/mol. The molecule has 0 saturated carbocycles. The number of hydrogen-bond donors (Lipinski definition) is 1. The molecule has 9 heteroatoms. The second-order valence-corrected chi connectivity index (χ2v) is 6.77. The highest BCUT2D eigenvalue weighted by Crippen LogP contribution is 2.22. The Hall–Kier alpha value is -2.00. The van der Waals surface area contributed by atoms with E-state index in [1.165, 1.54) is 18.2 Å². The van der Waals surface area contributed by atoms with Crippen LogP contribution in [0.2, 0.25) is 0 Å². The highest BCUT2D eigenvalue weighted by Gasteiger charge is 2.17. The van der Waals surface area contributed by atoms with Gasteiger partial charge in [0, 0.05) is 10.5 Å². The smallest absolute Gasteiger partial charge is 0.263 e. The molecule has 0 bridgehead atoms. The standard InChI is InChI=1S/C12H10BrN3O4S/c1-8-6-10(16(17)18)7-14-12(8)15-21(19,20)11-4-2-9(13)3-5-11/h2-7H,1H3,(H,14,15). The van der Waals surface area contributed by atoms with Gasteiger partial charge in [-0.05, 0) is 36.8 Å². The van der Waals surface area contributed by atoms with E-state index in [2.05, 4.69) is 25.6 Å². The van der Waals surface area contributed by atoms with Gasteiger partial charge in [0.2, 0.25) is 0 Å². The maximum absolute atomic E-state index is 12.2. The first-order valence-corrected chi connectivity index (χ1v) is 7.96. The lowest BCUT2D eigenvalue weighted by Crippen LogP contribution is -2.14. The first-order chi connectivity index (χ1) is 9.79. The van der Waals surface area contributed by atoms with Gasteiger partial charge in [-0.15, -0.1) is 0 Å². The summed E-state index contributed by atoms with van der Waals surface area (Å²) in [5.74, 6) is 0.0588. The number of anilines is 1. The molecule has 1 heterocycles. The van der Waals surface area contributed by atoms with E-state index in [9.17, 15) is 18.5 Å². The Balaban J connectivity index is 2.32. The average molecular weight is 372 g/mol. The Morgan fingerprint density at radius 1 is 1.29 bits per heavy atom. The zero-order valence-electron chi connectivity index (χ0n) is 10.8. The Morgan fingerprint density at radius 3 is 2.43 bits per heavy atom. The zero-order valence-corrected chi connectivity index (χ0v) is 13.2. The van der Waals surface area contributed by atoms with Gasteiger partial charge in [0.25, 0.3) is 15.7 Å². The molecule has 0 amide bonds. The summed E-state index contributed by atoms with van der Waals surface area (Å²) >= 11 is 3.22. The number of hydrogen-bond acceptors (Lipinski definition) is 5. The second kappa shape index (κ2) is 5.78. The monoisotopic (exact) mass is 371 g/mol. The van der Waals surface area contributed by atoms with E-state index in [0.29, 0.717) is 5.56 Å². The number of rotatable bonds is 4. The normalized spacial score (nSPS) is 11.1. The number of pyridine rings is 1. The molecule has 2 aromatic rings. The summed E-state index contributed by atoms with van der Waals surface area (Å²) in [5.41, 5.74) is 0.170. The van der Waals surface area contributed by atoms with Gasteiger partial charge < -0.3 is 0 Å². The molecule has 7 nitrogen and oxygen atoms in total. The van der Waals surface area contributed by atoms with Gasteiger partial charge in [0.1, 0.15) is 12.0 Å². The molecule has 0 unspecified atom stereocenters. The van der Waals surface area contributed by atoms with Crippen molar-refractivity contribution in [3.05, 3.63) is 56.7 Å². The van der Waals surface area contributed by atoms with E-state index in [-0.39, 0.29) is 16.4 Å². The number of nitrogens with zero attached hydrogens (tertiary/aromatic N) is 2. The fourth-order valence-corrected chi connectivity index (χ4v) is 2.91. The van der Waals surface area contributed by atoms with E-state index in [0.717, 1.165) is 10.7 Å². The SMILES string of the molecule is Cc1cc([N+](=O)[O-])cnc1NS(=O)(=O)c1ccc(Br)cc1. The Labute approximate surface area is 129 Å². The van der Waals surface area contributed by atoms with Crippen LogP contribution in [0, 0.1) is 17.0 Å². The summed E-state index contributed by atoms with van der Waals surface area (Å²) in [4.78, 5) is 13.9. The third-order valence-corrected chi connectivity index (χ3v) is 4.51. The quantitative estimate of drug-likeness (QED) is 0.657. The molecule has 0 atom stereocenters. The third kappa shape index (κ3) is 3.56. The molecule has 0 aliphatic heterocycles. The second-order valence-electron chi connectivity index (χ2n) is 4.18. The summed E-state index contributed by atoms with van der Waals surface area (Å²) < 4.78 is 27.4. The molecule has 1 aromatic heterocycles. The van der Waals surface area contributed by atoms with E-state index in [1.807, 2.05) is 0 Å². The fraction of sp³-hybridized carbons (Fsp3) is 0.0833. The molecular formula is C12H10BrN3O4S. The molecule has 0 spiro atoms. The number of sulfonamides is 1. The Kier molecular flexibility index (Phi) is 4.24. The van der Waals surface area contributed by atoms with Crippen molar-refractivity contribution in [2.45, 2.75) is 11.8 Å². The van der Waals surface area contributed by atoms with Gasteiger partial charge in [0.05, 0.1) is 9.82 Å². The lowest BCUT2D eigenvalue weighted by atomic mass is 10.3. The third-order valence-electron chi connectivity index (χ3n) is 2.63. The van der Waals surface area contributed by atoms with E-state index >= 15 is 0 Å². The highest BCUT2D eigenvalue weighted by molar-refractivity contribution is 9.10. The van der Waals surface area contributed by atoms with Crippen molar-refractivity contribution in [3.63, 3.8) is 0 Å². The largest absolute Gasteiger partial charge is 0.287 e. The first kappa shape index (κ1) is 15.4. The summed E-state index contributed by atoms with van der Waals surface area (Å²) in [6.07, 6.45) is 1.01. The average Bonchev–Trinajstić information content (AvgIpc) is 2.41. The molecule has 1 aromatic carbocycles. The van der Waals surface area contributed by atoms with Crippen LogP contribution < -0.4 is 4.72 Å². The van der Waals surface area contributed by atoms with Crippen molar-refractivity contribution in [3.8, 4) is 0 Å². The summed E-state index contributed by atoms with van der Waals surface area (Å²) in [6.45, 7) is 1.54. The number of benzene rings is 1. The van der Waals surface area contributed by atoms with Crippen LogP contribution >= 0.6 is 15.9 Å². The maximum atomic E-state index is 12.2. The lowest BCUT2D eigenvalue weighted by molar-refractivity contribution is -0.385. The molecule has 0 fully saturated rings. The molecule has 0 radical (unpaired) electrons. The van der Waals surface area contributed by atoms with Crippen LogP contribution in [-0.4, -0.2) is 18.3 Å². The lowest BCUT2D eigenvalue weighted by Gasteiger charge is -2.09. The van der Waals surface area contributed by atoms with Crippen molar-refractivity contribution >= 4 is 37.5 Å².